The minimum atomic E-state index is -0.545. The van der Waals surface area contributed by atoms with Crippen molar-refractivity contribution < 1.29 is 9.90 Å². The molecule has 0 atom stereocenters. The van der Waals surface area contributed by atoms with E-state index in [0.717, 1.165) is 45.3 Å². The summed E-state index contributed by atoms with van der Waals surface area (Å²) >= 11 is 0. The van der Waals surface area contributed by atoms with E-state index in [9.17, 15) is 9.90 Å². The second kappa shape index (κ2) is 5.91. The van der Waals surface area contributed by atoms with Gasteiger partial charge in [0, 0.05) is 19.6 Å². The number of rotatable bonds is 3. The van der Waals surface area contributed by atoms with Crippen LogP contribution in [0, 0.1) is 16.7 Å². The van der Waals surface area contributed by atoms with E-state index in [1.807, 2.05) is 0 Å². The van der Waals surface area contributed by atoms with E-state index in [0.29, 0.717) is 11.3 Å². The molecule has 0 bridgehead atoms. The van der Waals surface area contributed by atoms with Crippen molar-refractivity contribution in [3.05, 3.63) is 0 Å². The molecule has 0 aromatic rings. The molecule has 3 fully saturated rings. The van der Waals surface area contributed by atoms with E-state index in [2.05, 4.69) is 11.8 Å². The SMILES string of the molecule is CC1CCC(CN2CC3(CCCCCC3)C2)(C(=O)O)CC1. The number of carboxylic acids is 1. The maximum Gasteiger partial charge on any atom is 0.310 e. The maximum absolute atomic E-state index is 11.9. The van der Waals surface area contributed by atoms with Gasteiger partial charge < -0.3 is 10.0 Å². The summed E-state index contributed by atoms with van der Waals surface area (Å²) in [5.41, 5.74) is 0.108. The summed E-state index contributed by atoms with van der Waals surface area (Å²) in [6.07, 6.45) is 12.3. The Hall–Kier alpha value is -0.570. The fourth-order valence-corrected chi connectivity index (χ4v) is 4.99. The number of nitrogens with zero attached hydrogens (tertiary/aromatic N) is 1. The molecular formula is C18H31NO2. The summed E-state index contributed by atoms with van der Waals surface area (Å²) in [7, 11) is 0. The van der Waals surface area contributed by atoms with E-state index in [-0.39, 0.29) is 0 Å². The smallest absolute Gasteiger partial charge is 0.310 e. The molecule has 0 amide bonds. The maximum atomic E-state index is 11.9. The van der Waals surface area contributed by atoms with Gasteiger partial charge in [-0.05, 0) is 49.9 Å². The quantitative estimate of drug-likeness (QED) is 0.857. The Labute approximate surface area is 129 Å². The zero-order valence-corrected chi connectivity index (χ0v) is 13.6. The van der Waals surface area contributed by atoms with E-state index in [1.165, 1.54) is 38.5 Å². The van der Waals surface area contributed by atoms with Crippen LogP contribution < -0.4 is 0 Å². The molecule has 0 aromatic heterocycles. The summed E-state index contributed by atoms with van der Waals surface area (Å²) in [6, 6.07) is 0. The van der Waals surface area contributed by atoms with Crippen molar-refractivity contribution in [1.29, 1.82) is 0 Å². The normalized spacial score (nSPS) is 36.9. The van der Waals surface area contributed by atoms with Crippen LogP contribution in [0.2, 0.25) is 0 Å². The van der Waals surface area contributed by atoms with Crippen molar-refractivity contribution in [1.82, 2.24) is 4.90 Å². The molecule has 0 unspecified atom stereocenters. The first-order valence-electron chi connectivity index (χ1n) is 9.00. The van der Waals surface area contributed by atoms with Gasteiger partial charge in [0.25, 0.3) is 0 Å². The molecule has 1 spiro atoms. The van der Waals surface area contributed by atoms with Gasteiger partial charge in [-0.15, -0.1) is 0 Å². The lowest BCUT2D eigenvalue weighted by atomic mass is 9.68. The molecule has 3 rings (SSSR count). The Balaban J connectivity index is 1.57. The Morgan fingerprint density at radius 2 is 1.62 bits per heavy atom. The lowest BCUT2D eigenvalue weighted by molar-refractivity contribution is -0.156. The summed E-state index contributed by atoms with van der Waals surface area (Å²) < 4.78 is 0. The first-order chi connectivity index (χ1) is 10.0. The zero-order chi connectivity index (χ0) is 14.9. The van der Waals surface area contributed by atoms with Crippen LogP contribution in [0.3, 0.4) is 0 Å². The molecule has 2 aliphatic carbocycles. The molecular weight excluding hydrogens is 262 g/mol. The number of likely N-dealkylation sites (tertiary alicyclic amines) is 1. The second-order valence-corrected chi connectivity index (χ2v) is 8.33. The minimum absolute atomic E-state index is 0.446. The number of hydrogen-bond donors (Lipinski definition) is 1. The molecule has 21 heavy (non-hydrogen) atoms. The van der Waals surface area contributed by atoms with Crippen LogP contribution in [0.1, 0.15) is 71.1 Å². The monoisotopic (exact) mass is 293 g/mol. The van der Waals surface area contributed by atoms with Gasteiger partial charge in [-0.2, -0.15) is 0 Å². The highest BCUT2D eigenvalue weighted by Gasteiger charge is 2.48. The topological polar surface area (TPSA) is 40.5 Å². The predicted octanol–water partition coefficient (Wildman–Crippen LogP) is 3.92. The van der Waals surface area contributed by atoms with Crippen LogP contribution in [0.4, 0.5) is 0 Å². The van der Waals surface area contributed by atoms with Crippen molar-refractivity contribution in [3.63, 3.8) is 0 Å². The molecule has 120 valence electrons. The lowest BCUT2D eigenvalue weighted by Crippen LogP contribution is -2.60. The van der Waals surface area contributed by atoms with Crippen LogP contribution in [-0.4, -0.2) is 35.6 Å². The Bertz CT molecular complexity index is 369. The van der Waals surface area contributed by atoms with E-state index >= 15 is 0 Å². The third-order valence-electron chi connectivity index (χ3n) is 6.49. The largest absolute Gasteiger partial charge is 0.481 e. The Morgan fingerprint density at radius 1 is 1.05 bits per heavy atom. The van der Waals surface area contributed by atoms with Crippen LogP contribution in [0.15, 0.2) is 0 Å². The van der Waals surface area contributed by atoms with Gasteiger partial charge in [-0.1, -0.05) is 32.6 Å². The second-order valence-electron chi connectivity index (χ2n) is 8.33. The molecule has 3 heteroatoms. The highest BCUT2D eigenvalue weighted by molar-refractivity contribution is 5.75. The zero-order valence-electron chi connectivity index (χ0n) is 13.6. The van der Waals surface area contributed by atoms with Gasteiger partial charge in [0.15, 0.2) is 0 Å². The summed E-state index contributed by atoms with van der Waals surface area (Å²) in [4.78, 5) is 14.3. The van der Waals surface area contributed by atoms with Crippen LogP contribution in [0.5, 0.6) is 0 Å². The first kappa shape index (κ1) is 15.3. The number of aliphatic carboxylic acids is 1. The Kier molecular flexibility index (Phi) is 4.31. The van der Waals surface area contributed by atoms with Crippen molar-refractivity contribution >= 4 is 5.97 Å². The van der Waals surface area contributed by atoms with Gasteiger partial charge >= 0.3 is 5.97 Å². The minimum Gasteiger partial charge on any atom is -0.481 e. The average Bonchev–Trinajstić information content (AvgIpc) is 2.67. The fourth-order valence-electron chi connectivity index (χ4n) is 4.99. The van der Waals surface area contributed by atoms with Crippen LogP contribution in [-0.2, 0) is 4.79 Å². The molecule has 0 radical (unpaired) electrons. The summed E-state index contributed by atoms with van der Waals surface area (Å²) in [5, 5.41) is 9.76. The standard InChI is InChI=1S/C18H31NO2/c1-15-6-10-18(11-7-15,16(20)21)14-19-12-17(13-19)8-4-2-3-5-9-17/h15H,2-14H2,1H3,(H,20,21). The lowest BCUT2D eigenvalue weighted by Gasteiger charge is -2.53. The average molecular weight is 293 g/mol. The molecule has 0 aromatic carbocycles. The predicted molar refractivity (Wildman–Crippen MR) is 84.3 cm³/mol. The molecule has 1 heterocycles. The molecule has 3 aliphatic rings. The molecule has 3 nitrogen and oxygen atoms in total. The third kappa shape index (κ3) is 3.13. The van der Waals surface area contributed by atoms with Gasteiger partial charge in [-0.3, -0.25) is 4.79 Å². The van der Waals surface area contributed by atoms with Gasteiger partial charge in [0.05, 0.1) is 5.41 Å². The van der Waals surface area contributed by atoms with Gasteiger partial charge in [0.1, 0.15) is 0 Å². The van der Waals surface area contributed by atoms with E-state index in [4.69, 9.17) is 0 Å². The molecule has 2 saturated carbocycles. The third-order valence-corrected chi connectivity index (χ3v) is 6.49. The van der Waals surface area contributed by atoms with E-state index < -0.39 is 11.4 Å². The van der Waals surface area contributed by atoms with Gasteiger partial charge in [0.2, 0.25) is 0 Å². The number of carboxylic acid groups (broad SMARTS) is 1. The van der Waals surface area contributed by atoms with Crippen molar-refractivity contribution in [2.75, 3.05) is 19.6 Å². The molecule has 1 aliphatic heterocycles. The highest BCUT2D eigenvalue weighted by Crippen LogP contribution is 2.46. The van der Waals surface area contributed by atoms with E-state index in [1.54, 1.807) is 0 Å². The molecule has 1 N–H and O–H groups in total. The van der Waals surface area contributed by atoms with Crippen LogP contribution in [0.25, 0.3) is 0 Å². The fraction of sp³-hybridized carbons (Fsp3) is 0.944. The van der Waals surface area contributed by atoms with Gasteiger partial charge in [-0.25, -0.2) is 0 Å². The first-order valence-corrected chi connectivity index (χ1v) is 9.00. The van der Waals surface area contributed by atoms with Crippen molar-refractivity contribution in [3.8, 4) is 0 Å². The van der Waals surface area contributed by atoms with Crippen LogP contribution >= 0.6 is 0 Å². The highest BCUT2D eigenvalue weighted by atomic mass is 16.4. The number of carbonyl (C=O) groups is 1. The van der Waals surface area contributed by atoms with Crippen molar-refractivity contribution in [2.24, 2.45) is 16.7 Å². The number of hydrogen-bond acceptors (Lipinski definition) is 2. The van der Waals surface area contributed by atoms with Crippen molar-refractivity contribution in [2.45, 2.75) is 71.1 Å². The summed E-state index contributed by atoms with van der Waals surface area (Å²) in [6.45, 7) is 5.39. The Morgan fingerprint density at radius 3 is 2.14 bits per heavy atom. The summed E-state index contributed by atoms with van der Waals surface area (Å²) in [5.74, 6) is 0.165. The molecule has 1 saturated heterocycles.